The highest BCUT2D eigenvalue weighted by molar-refractivity contribution is 5.85. The fraction of sp³-hybridized carbons (Fsp3) is 0.611. The third-order valence-electron chi connectivity index (χ3n) is 4.35. The van der Waals surface area contributed by atoms with Gasteiger partial charge in [0.25, 0.3) is 0 Å². The third-order valence-corrected chi connectivity index (χ3v) is 4.35. The van der Waals surface area contributed by atoms with Crippen molar-refractivity contribution in [1.82, 2.24) is 5.32 Å². The van der Waals surface area contributed by atoms with E-state index in [2.05, 4.69) is 10.1 Å². The normalized spacial score (nSPS) is 22.6. The molecule has 27 heavy (non-hydrogen) atoms. The molecule has 9 heteroatoms. The summed E-state index contributed by atoms with van der Waals surface area (Å²) in [5.41, 5.74) is 6.59. The van der Waals surface area contributed by atoms with Crippen molar-refractivity contribution in [2.45, 2.75) is 57.7 Å². The van der Waals surface area contributed by atoms with E-state index in [0.29, 0.717) is 31.4 Å². The fourth-order valence-corrected chi connectivity index (χ4v) is 3.04. The Balaban J connectivity index is 0.00000364. The monoisotopic (exact) mass is 410 g/mol. The summed E-state index contributed by atoms with van der Waals surface area (Å²) in [6.07, 6.45) is -2.04. The lowest BCUT2D eigenvalue weighted by Gasteiger charge is -2.33. The van der Waals surface area contributed by atoms with Gasteiger partial charge in [0.1, 0.15) is 5.75 Å². The van der Waals surface area contributed by atoms with Gasteiger partial charge in [0.05, 0.1) is 6.10 Å². The van der Waals surface area contributed by atoms with E-state index >= 15 is 0 Å². The number of halogens is 4. The molecule has 5 nitrogen and oxygen atoms in total. The molecule has 0 aromatic heterocycles. The Bertz CT molecular complexity index is 601. The Hall–Kier alpha value is -1.51. The number of rotatable bonds is 7. The van der Waals surface area contributed by atoms with Gasteiger partial charge in [0.15, 0.2) is 0 Å². The predicted octanol–water partition coefficient (Wildman–Crippen LogP) is 3.55. The number of alkyl halides is 3. The summed E-state index contributed by atoms with van der Waals surface area (Å²) in [5, 5.41) is 2.78. The summed E-state index contributed by atoms with van der Waals surface area (Å²) in [5.74, 6) is -0.642. The maximum atomic E-state index is 12.4. The van der Waals surface area contributed by atoms with Crippen molar-refractivity contribution >= 4 is 18.3 Å². The number of nitrogens with one attached hydrogen (secondary N) is 1. The van der Waals surface area contributed by atoms with Crippen LogP contribution in [0.1, 0.15) is 38.2 Å². The topological polar surface area (TPSA) is 73.6 Å². The number of carbonyl (C=O) groups excluding carboxylic acids is 1. The molecule has 0 aliphatic heterocycles. The van der Waals surface area contributed by atoms with Crippen molar-refractivity contribution in [2.24, 2.45) is 11.7 Å². The number of benzene rings is 1. The zero-order valence-corrected chi connectivity index (χ0v) is 15.9. The lowest BCUT2D eigenvalue weighted by atomic mass is 9.83. The van der Waals surface area contributed by atoms with Crippen LogP contribution >= 0.6 is 12.4 Å². The van der Waals surface area contributed by atoms with Crippen LogP contribution < -0.4 is 15.8 Å². The Morgan fingerprint density at radius 2 is 2.07 bits per heavy atom. The molecule has 0 radical (unpaired) electrons. The lowest BCUT2D eigenvalue weighted by molar-refractivity contribution is -0.274. The highest BCUT2D eigenvalue weighted by Crippen LogP contribution is 2.27. The van der Waals surface area contributed by atoms with Gasteiger partial charge in [0.2, 0.25) is 5.91 Å². The Kier molecular flexibility index (Phi) is 9.35. The minimum Gasteiger partial charge on any atom is -0.406 e. The molecule has 0 spiro atoms. The zero-order chi connectivity index (χ0) is 19.2. The second-order valence-electron chi connectivity index (χ2n) is 6.50. The molecule has 1 saturated carbocycles. The minimum absolute atomic E-state index is 0. The first-order valence-electron chi connectivity index (χ1n) is 8.78. The van der Waals surface area contributed by atoms with Crippen LogP contribution in [-0.4, -0.2) is 31.0 Å². The van der Waals surface area contributed by atoms with Crippen LogP contribution in [-0.2, 0) is 16.1 Å². The molecule has 2 rings (SSSR count). The highest BCUT2D eigenvalue weighted by atomic mass is 35.5. The standard InChI is InChI=1S/C18H25F3N2O3.ClH/c1-2-8-25-16-10-13(6-7-15(16)22)17(24)23-11-12-4-3-5-14(9-12)26-18(19,20)21;/h3-5,9,13,15-16H,2,6-8,10-11,22H2,1H3,(H,23,24);1H/t13-,15+,16+;/m0./s1. The van der Waals surface area contributed by atoms with Crippen LogP contribution in [0.25, 0.3) is 0 Å². The molecule has 1 aliphatic rings. The molecule has 0 bridgehead atoms. The van der Waals surface area contributed by atoms with E-state index < -0.39 is 6.36 Å². The smallest absolute Gasteiger partial charge is 0.406 e. The average Bonchev–Trinajstić information content (AvgIpc) is 2.58. The molecule has 0 saturated heterocycles. The Morgan fingerprint density at radius 3 is 2.74 bits per heavy atom. The molecular weight excluding hydrogens is 385 g/mol. The molecule has 3 N–H and O–H groups in total. The van der Waals surface area contributed by atoms with E-state index in [1.165, 1.54) is 18.2 Å². The average molecular weight is 411 g/mol. The summed E-state index contributed by atoms with van der Waals surface area (Å²) in [6.45, 7) is 2.75. The zero-order valence-electron chi connectivity index (χ0n) is 15.1. The number of hydrogen-bond donors (Lipinski definition) is 2. The Morgan fingerprint density at radius 1 is 1.33 bits per heavy atom. The molecule has 3 atom stereocenters. The quantitative estimate of drug-likeness (QED) is 0.721. The van der Waals surface area contributed by atoms with Crippen LogP contribution in [0.15, 0.2) is 24.3 Å². The van der Waals surface area contributed by atoms with Gasteiger partial charge in [-0.1, -0.05) is 19.1 Å². The summed E-state index contributed by atoms with van der Waals surface area (Å²) < 4.78 is 46.4. The summed E-state index contributed by atoms with van der Waals surface area (Å²) in [6, 6.07) is 5.50. The van der Waals surface area contributed by atoms with Gasteiger partial charge in [-0.2, -0.15) is 0 Å². The molecule has 1 aromatic carbocycles. The van der Waals surface area contributed by atoms with Crippen LogP contribution in [0.2, 0.25) is 0 Å². The van der Waals surface area contributed by atoms with Crippen molar-refractivity contribution in [3.8, 4) is 5.75 Å². The Labute approximate surface area is 163 Å². The van der Waals surface area contributed by atoms with E-state index in [1.54, 1.807) is 6.07 Å². The summed E-state index contributed by atoms with van der Waals surface area (Å²) in [4.78, 5) is 12.4. The molecule has 1 fully saturated rings. The maximum absolute atomic E-state index is 12.4. The van der Waals surface area contributed by atoms with Gasteiger partial charge in [0, 0.05) is 25.1 Å². The first kappa shape index (κ1) is 23.5. The van der Waals surface area contributed by atoms with E-state index in [1.807, 2.05) is 6.92 Å². The number of carbonyl (C=O) groups is 1. The van der Waals surface area contributed by atoms with Crippen LogP contribution in [0, 0.1) is 5.92 Å². The van der Waals surface area contributed by atoms with Gasteiger partial charge < -0.3 is 20.5 Å². The summed E-state index contributed by atoms with van der Waals surface area (Å²) in [7, 11) is 0. The van der Waals surface area contributed by atoms with Crippen molar-refractivity contribution in [3.05, 3.63) is 29.8 Å². The maximum Gasteiger partial charge on any atom is 0.573 e. The number of hydrogen-bond acceptors (Lipinski definition) is 4. The first-order valence-corrected chi connectivity index (χ1v) is 8.78. The second-order valence-corrected chi connectivity index (χ2v) is 6.50. The highest BCUT2D eigenvalue weighted by Gasteiger charge is 2.33. The number of ether oxygens (including phenoxy) is 2. The number of nitrogens with two attached hydrogens (primary N) is 1. The molecule has 154 valence electrons. The largest absolute Gasteiger partial charge is 0.573 e. The lowest BCUT2D eigenvalue weighted by Crippen LogP contribution is -2.45. The third kappa shape index (κ3) is 7.94. The molecule has 0 unspecified atom stereocenters. The minimum atomic E-state index is -4.74. The molecule has 1 amide bonds. The molecule has 0 heterocycles. The van der Waals surface area contributed by atoms with Crippen LogP contribution in [0.4, 0.5) is 13.2 Å². The molecule has 1 aromatic rings. The van der Waals surface area contributed by atoms with Gasteiger partial charge in [-0.05, 0) is 43.4 Å². The van der Waals surface area contributed by atoms with Crippen molar-refractivity contribution < 1.29 is 27.4 Å². The van der Waals surface area contributed by atoms with E-state index in [4.69, 9.17) is 10.5 Å². The van der Waals surface area contributed by atoms with Crippen molar-refractivity contribution in [2.75, 3.05) is 6.61 Å². The van der Waals surface area contributed by atoms with Crippen LogP contribution in [0.5, 0.6) is 5.75 Å². The van der Waals surface area contributed by atoms with Gasteiger partial charge >= 0.3 is 6.36 Å². The SMILES string of the molecule is CCCO[C@@H]1C[C@@H](C(=O)NCc2cccc(OC(F)(F)F)c2)CC[C@H]1N.Cl. The van der Waals surface area contributed by atoms with Gasteiger partial charge in [-0.3, -0.25) is 4.79 Å². The van der Waals surface area contributed by atoms with Gasteiger partial charge in [-0.15, -0.1) is 25.6 Å². The van der Waals surface area contributed by atoms with E-state index in [9.17, 15) is 18.0 Å². The fourth-order valence-electron chi connectivity index (χ4n) is 3.04. The molecule has 1 aliphatic carbocycles. The van der Waals surface area contributed by atoms with Crippen molar-refractivity contribution in [3.63, 3.8) is 0 Å². The van der Waals surface area contributed by atoms with E-state index in [-0.39, 0.29) is 48.7 Å². The predicted molar refractivity (Wildman–Crippen MR) is 97.6 cm³/mol. The molecular formula is C18H26ClF3N2O3. The summed E-state index contributed by atoms with van der Waals surface area (Å²) >= 11 is 0. The van der Waals surface area contributed by atoms with Gasteiger partial charge in [-0.25, -0.2) is 0 Å². The first-order chi connectivity index (χ1) is 12.3. The van der Waals surface area contributed by atoms with Crippen molar-refractivity contribution in [1.29, 1.82) is 0 Å². The number of amides is 1. The van der Waals surface area contributed by atoms with E-state index in [0.717, 1.165) is 6.42 Å². The van der Waals surface area contributed by atoms with Crippen LogP contribution in [0.3, 0.4) is 0 Å². The second kappa shape index (κ2) is 10.7.